The van der Waals surface area contributed by atoms with Crippen molar-refractivity contribution < 1.29 is 0 Å². The van der Waals surface area contributed by atoms with E-state index < -0.39 is 0 Å². The number of hydrogen-bond donors (Lipinski definition) is 1. The van der Waals surface area contributed by atoms with Crippen LogP contribution in [-0.2, 0) is 0 Å². The first-order chi connectivity index (χ1) is 6.59. The molecule has 1 heteroatoms. The summed E-state index contributed by atoms with van der Waals surface area (Å²) in [6.45, 7) is 6.94. The first-order valence-electron chi connectivity index (χ1n) is 6.35. The van der Waals surface area contributed by atoms with Gasteiger partial charge in [0.2, 0.25) is 0 Å². The highest BCUT2D eigenvalue weighted by Crippen LogP contribution is 2.36. The molecule has 14 heavy (non-hydrogen) atoms. The lowest BCUT2D eigenvalue weighted by molar-refractivity contribution is 0.188. The fraction of sp³-hybridized carbons (Fsp3) is 1.00. The molecule has 3 unspecified atom stereocenters. The van der Waals surface area contributed by atoms with Crippen LogP contribution in [0.3, 0.4) is 0 Å². The van der Waals surface area contributed by atoms with Crippen molar-refractivity contribution in [3.63, 3.8) is 0 Å². The van der Waals surface area contributed by atoms with E-state index in [2.05, 4.69) is 20.8 Å². The molecule has 0 bridgehead atoms. The van der Waals surface area contributed by atoms with Crippen LogP contribution in [0.15, 0.2) is 0 Å². The molecule has 3 atom stereocenters. The highest BCUT2D eigenvalue weighted by atomic mass is 14.6. The molecule has 0 aliphatic heterocycles. The van der Waals surface area contributed by atoms with Crippen molar-refractivity contribution in [2.45, 2.75) is 65.3 Å². The van der Waals surface area contributed by atoms with Gasteiger partial charge in [-0.1, -0.05) is 33.1 Å². The Morgan fingerprint density at radius 2 is 1.79 bits per heavy atom. The highest BCUT2D eigenvalue weighted by molar-refractivity contribution is 4.76. The van der Waals surface area contributed by atoms with E-state index in [4.69, 9.17) is 5.73 Å². The van der Waals surface area contributed by atoms with E-state index in [0.717, 1.165) is 17.8 Å². The van der Waals surface area contributed by atoms with Gasteiger partial charge in [-0.15, -0.1) is 0 Å². The van der Waals surface area contributed by atoms with Crippen LogP contribution in [0.4, 0.5) is 0 Å². The normalized spacial score (nSPS) is 24.0. The largest absolute Gasteiger partial charge is 0.328 e. The summed E-state index contributed by atoms with van der Waals surface area (Å²) in [5, 5.41) is 0. The third-order valence-corrected chi connectivity index (χ3v) is 3.84. The fourth-order valence-corrected chi connectivity index (χ4v) is 2.50. The molecular weight excluding hydrogens is 170 g/mol. The van der Waals surface area contributed by atoms with Crippen LogP contribution in [0.25, 0.3) is 0 Å². The highest BCUT2D eigenvalue weighted by Gasteiger charge is 2.24. The summed E-state index contributed by atoms with van der Waals surface area (Å²) in [6, 6.07) is 0.386. The third kappa shape index (κ3) is 4.00. The summed E-state index contributed by atoms with van der Waals surface area (Å²) in [5.41, 5.74) is 5.77. The summed E-state index contributed by atoms with van der Waals surface area (Å²) < 4.78 is 0. The Balaban J connectivity index is 2.08. The smallest absolute Gasteiger partial charge is 0.00105 e. The lowest BCUT2D eigenvalue weighted by atomic mass is 9.73. The van der Waals surface area contributed by atoms with Crippen LogP contribution in [0.5, 0.6) is 0 Å². The molecule has 0 radical (unpaired) electrons. The number of nitrogens with two attached hydrogens (primary N) is 1. The van der Waals surface area contributed by atoms with Crippen molar-refractivity contribution in [2.75, 3.05) is 0 Å². The summed E-state index contributed by atoms with van der Waals surface area (Å²) in [6.07, 6.45) is 8.37. The Kier molecular flexibility index (Phi) is 4.94. The lowest BCUT2D eigenvalue weighted by Gasteiger charge is -2.33. The Hall–Kier alpha value is -0.0400. The molecule has 0 spiro atoms. The average molecular weight is 197 g/mol. The van der Waals surface area contributed by atoms with Gasteiger partial charge in [0.05, 0.1) is 0 Å². The fourth-order valence-electron chi connectivity index (χ4n) is 2.50. The molecule has 0 amide bonds. The van der Waals surface area contributed by atoms with E-state index in [0.29, 0.717) is 6.04 Å². The topological polar surface area (TPSA) is 26.0 Å². The molecule has 0 aromatic rings. The van der Waals surface area contributed by atoms with Crippen molar-refractivity contribution in [1.29, 1.82) is 0 Å². The van der Waals surface area contributed by atoms with Gasteiger partial charge in [-0.25, -0.2) is 0 Å². The van der Waals surface area contributed by atoms with Crippen molar-refractivity contribution in [3.05, 3.63) is 0 Å². The summed E-state index contributed by atoms with van der Waals surface area (Å²) >= 11 is 0. The molecule has 2 N–H and O–H groups in total. The van der Waals surface area contributed by atoms with Gasteiger partial charge in [-0.3, -0.25) is 0 Å². The van der Waals surface area contributed by atoms with Gasteiger partial charge >= 0.3 is 0 Å². The number of hydrogen-bond acceptors (Lipinski definition) is 1. The quantitative estimate of drug-likeness (QED) is 0.692. The lowest BCUT2D eigenvalue weighted by Crippen LogP contribution is -2.22. The predicted molar refractivity (Wildman–Crippen MR) is 63.2 cm³/mol. The SMILES string of the molecule is CC(N)CCC(C)CC(C)C1CCC1. The maximum atomic E-state index is 5.77. The average Bonchev–Trinajstić information content (AvgIpc) is 1.97. The Bertz CT molecular complexity index is 149. The first kappa shape index (κ1) is 12.0. The van der Waals surface area contributed by atoms with Crippen molar-refractivity contribution in [3.8, 4) is 0 Å². The van der Waals surface area contributed by atoms with Crippen LogP contribution in [-0.4, -0.2) is 6.04 Å². The minimum absolute atomic E-state index is 0.386. The second-order valence-corrected chi connectivity index (χ2v) is 5.56. The van der Waals surface area contributed by atoms with Gasteiger partial charge in [-0.2, -0.15) is 0 Å². The van der Waals surface area contributed by atoms with E-state index in [-0.39, 0.29) is 0 Å². The molecular formula is C13H27N. The molecule has 1 nitrogen and oxygen atoms in total. The van der Waals surface area contributed by atoms with Crippen LogP contribution < -0.4 is 5.73 Å². The molecule has 1 fully saturated rings. The Labute approximate surface area is 89.5 Å². The first-order valence-corrected chi connectivity index (χ1v) is 6.35. The Morgan fingerprint density at radius 1 is 1.14 bits per heavy atom. The van der Waals surface area contributed by atoms with E-state index in [1.54, 1.807) is 0 Å². The zero-order valence-corrected chi connectivity index (χ0v) is 10.1. The maximum Gasteiger partial charge on any atom is 0.00105 e. The minimum Gasteiger partial charge on any atom is -0.328 e. The molecule has 1 aliphatic rings. The van der Waals surface area contributed by atoms with Crippen LogP contribution in [0.1, 0.15) is 59.3 Å². The van der Waals surface area contributed by atoms with Gasteiger partial charge in [0, 0.05) is 6.04 Å². The molecule has 0 saturated heterocycles. The molecule has 1 aliphatic carbocycles. The summed E-state index contributed by atoms with van der Waals surface area (Å²) in [5.74, 6) is 2.87. The standard InChI is InChI=1S/C13H27N/c1-10(7-8-12(3)14)9-11(2)13-5-4-6-13/h10-13H,4-9,14H2,1-3H3. The molecule has 1 rings (SSSR count). The van der Waals surface area contributed by atoms with Gasteiger partial charge in [0.25, 0.3) is 0 Å². The van der Waals surface area contributed by atoms with E-state index in [1.807, 2.05) is 0 Å². The maximum absolute atomic E-state index is 5.77. The van der Waals surface area contributed by atoms with Crippen LogP contribution in [0, 0.1) is 17.8 Å². The van der Waals surface area contributed by atoms with Gasteiger partial charge in [-0.05, 0) is 43.9 Å². The molecule has 84 valence electrons. The van der Waals surface area contributed by atoms with Crippen molar-refractivity contribution >= 4 is 0 Å². The Morgan fingerprint density at radius 3 is 2.21 bits per heavy atom. The zero-order chi connectivity index (χ0) is 10.6. The zero-order valence-electron chi connectivity index (χ0n) is 10.1. The second kappa shape index (κ2) is 5.75. The van der Waals surface area contributed by atoms with Gasteiger partial charge in [0.15, 0.2) is 0 Å². The third-order valence-electron chi connectivity index (χ3n) is 3.84. The molecule has 0 aromatic carbocycles. The summed E-state index contributed by atoms with van der Waals surface area (Å²) in [7, 11) is 0. The van der Waals surface area contributed by atoms with Gasteiger partial charge < -0.3 is 5.73 Å². The molecule has 0 heterocycles. The van der Waals surface area contributed by atoms with E-state index >= 15 is 0 Å². The van der Waals surface area contributed by atoms with Crippen LogP contribution >= 0.6 is 0 Å². The molecule has 0 aromatic heterocycles. The van der Waals surface area contributed by atoms with Crippen LogP contribution in [0.2, 0.25) is 0 Å². The predicted octanol–water partition coefficient (Wildman–Crippen LogP) is 3.58. The van der Waals surface area contributed by atoms with E-state index in [1.165, 1.54) is 38.5 Å². The van der Waals surface area contributed by atoms with E-state index in [9.17, 15) is 0 Å². The monoisotopic (exact) mass is 197 g/mol. The second-order valence-electron chi connectivity index (χ2n) is 5.56. The van der Waals surface area contributed by atoms with Crippen molar-refractivity contribution in [2.24, 2.45) is 23.5 Å². The van der Waals surface area contributed by atoms with Crippen molar-refractivity contribution in [1.82, 2.24) is 0 Å². The minimum atomic E-state index is 0.386. The summed E-state index contributed by atoms with van der Waals surface area (Å²) in [4.78, 5) is 0. The molecule has 1 saturated carbocycles. The van der Waals surface area contributed by atoms with Gasteiger partial charge in [0.1, 0.15) is 0 Å². The number of rotatable bonds is 6.